The normalized spacial score (nSPS) is 10.9. The SMILES string of the molecule is CCC(CC)(Cc1cccc(N)c1)C(=O)NOC(=O)CC(=O)O. The van der Waals surface area contributed by atoms with Gasteiger partial charge >= 0.3 is 11.9 Å². The summed E-state index contributed by atoms with van der Waals surface area (Å²) in [6.45, 7) is 3.74. The Labute approximate surface area is 134 Å². The van der Waals surface area contributed by atoms with E-state index in [1.54, 1.807) is 12.1 Å². The largest absolute Gasteiger partial charge is 0.481 e. The standard InChI is InChI=1S/C16H22N2O5/c1-3-16(4-2,10-11-6-5-7-12(17)8-11)15(22)18-23-14(21)9-13(19)20/h5-8H,3-4,9-10,17H2,1-2H3,(H,18,22)(H,19,20). The Morgan fingerprint density at radius 2 is 1.91 bits per heavy atom. The van der Waals surface area contributed by atoms with Gasteiger partial charge in [0.1, 0.15) is 6.42 Å². The number of carboxylic acid groups (broad SMARTS) is 1. The maximum absolute atomic E-state index is 12.4. The van der Waals surface area contributed by atoms with Crippen molar-refractivity contribution in [1.29, 1.82) is 0 Å². The van der Waals surface area contributed by atoms with E-state index in [0.29, 0.717) is 24.9 Å². The zero-order valence-electron chi connectivity index (χ0n) is 13.3. The van der Waals surface area contributed by atoms with Crippen LogP contribution in [-0.4, -0.2) is 23.0 Å². The smallest absolute Gasteiger partial charge is 0.343 e. The number of nitrogens with one attached hydrogen (secondary N) is 1. The molecule has 0 aliphatic carbocycles. The fourth-order valence-corrected chi connectivity index (χ4v) is 2.37. The van der Waals surface area contributed by atoms with Crippen LogP contribution in [0.3, 0.4) is 0 Å². The van der Waals surface area contributed by atoms with Gasteiger partial charge in [-0.15, -0.1) is 0 Å². The molecule has 0 aliphatic heterocycles. The van der Waals surface area contributed by atoms with Crippen LogP contribution in [-0.2, 0) is 25.6 Å². The summed E-state index contributed by atoms with van der Waals surface area (Å²) in [5, 5.41) is 8.50. The van der Waals surface area contributed by atoms with Gasteiger partial charge in [0.05, 0.1) is 5.41 Å². The van der Waals surface area contributed by atoms with Gasteiger partial charge in [-0.25, -0.2) is 4.79 Å². The predicted molar refractivity (Wildman–Crippen MR) is 84.1 cm³/mol. The van der Waals surface area contributed by atoms with Crippen molar-refractivity contribution in [2.24, 2.45) is 5.41 Å². The third kappa shape index (κ3) is 5.28. The molecule has 0 bridgehead atoms. The van der Waals surface area contributed by atoms with E-state index in [2.05, 4.69) is 10.3 Å². The molecule has 4 N–H and O–H groups in total. The highest BCUT2D eigenvalue weighted by Crippen LogP contribution is 2.32. The molecule has 0 unspecified atom stereocenters. The van der Waals surface area contributed by atoms with E-state index in [-0.39, 0.29) is 0 Å². The van der Waals surface area contributed by atoms with Crippen LogP contribution in [0.1, 0.15) is 38.7 Å². The van der Waals surface area contributed by atoms with Gasteiger partial charge in [0, 0.05) is 5.69 Å². The lowest BCUT2D eigenvalue weighted by Crippen LogP contribution is -2.43. The number of rotatable bonds is 7. The molecule has 7 heteroatoms. The lowest BCUT2D eigenvalue weighted by atomic mass is 9.76. The number of hydrogen-bond donors (Lipinski definition) is 3. The molecule has 0 heterocycles. The Kier molecular flexibility index (Phi) is 6.56. The average Bonchev–Trinajstić information content (AvgIpc) is 2.49. The van der Waals surface area contributed by atoms with Gasteiger partial charge in [-0.2, -0.15) is 5.48 Å². The number of nitrogen functional groups attached to an aromatic ring is 1. The van der Waals surface area contributed by atoms with Gasteiger partial charge in [0.2, 0.25) is 0 Å². The molecule has 0 aromatic heterocycles. The second-order valence-corrected chi connectivity index (χ2v) is 5.39. The quantitative estimate of drug-likeness (QED) is 0.399. The summed E-state index contributed by atoms with van der Waals surface area (Å²) in [6.07, 6.45) is 0.690. The van der Waals surface area contributed by atoms with Crippen molar-refractivity contribution in [3.63, 3.8) is 0 Å². The van der Waals surface area contributed by atoms with Crippen molar-refractivity contribution in [1.82, 2.24) is 5.48 Å². The lowest BCUT2D eigenvalue weighted by molar-refractivity contribution is -0.165. The van der Waals surface area contributed by atoms with Crippen molar-refractivity contribution in [3.8, 4) is 0 Å². The molecule has 7 nitrogen and oxygen atoms in total. The van der Waals surface area contributed by atoms with Crippen LogP contribution in [0, 0.1) is 5.41 Å². The molecule has 1 rings (SSSR count). The van der Waals surface area contributed by atoms with Crippen LogP contribution in [0.4, 0.5) is 5.69 Å². The Bertz CT molecular complexity index is 582. The van der Waals surface area contributed by atoms with E-state index in [4.69, 9.17) is 10.8 Å². The number of nitrogens with two attached hydrogens (primary N) is 1. The zero-order chi connectivity index (χ0) is 17.5. The number of carbonyl (C=O) groups excluding carboxylic acids is 2. The number of amides is 1. The van der Waals surface area contributed by atoms with E-state index in [0.717, 1.165) is 5.56 Å². The Morgan fingerprint density at radius 3 is 2.43 bits per heavy atom. The summed E-state index contributed by atoms with van der Waals surface area (Å²) >= 11 is 0. The highest BCUT2D eigenvalue weighted by molar-refractivity contribution is 5.91. The van der Waals surface area contributed by atoms with Crippen molar-refractivity contribution in [2.75, 3.05) is 5.73 Å². The number of benzene rings is 1. The van der Waals surface area contributed by atoms with Gasteiger partial charge in [-0.3, -0.25) is 9.59 Å². The second kappa shape index (κ2) is 8.17. The maximum Gasteiger partial charge on any atom is 0.343 e. The van der Waals surface area contributed by atoms with E-state index in [1.807, 2.05) is 26.0 Å². The van der Waals surface area contributed by atoms with Crippen LogP contribution in [0.5, 0.6) is 0 Å². The van der Waals surface area contributed by atoms with Gasteiger partial charge in [-0.05, 0) is 37.0 Å². The lowest BCUT2D eigenvalue weighted by Gasteiger charge is -2.29. The molecule has 23 heavy (non-hydrogen) atoms. The minimum absolute atomic E-state index is 0.438. The topological polar surface area (TPSA) is 119 Å². The monoisotopic (exact) mass is 322 g/mol. The average molecular weight is 322 g/mol. The first-order chi connectivity index (χ1) is 10.8. The number of aliphatic carboxylic acids is 1. The van der Waals surface area contributed by atoms with Crippen LogP contribution >= 0.6 is 0 Å². The number of carbonyl (C=O) groups is 3. The third-order valence-electron chi connectivity index (χ3n) is 3.88. The van der Waals surface area contributed by atoms with Gasteiger partial charge in [0.25, 0.3) is 5.91 Å². The molecule has 1 aromatic rings. The van der Waals surface area contributed by atoms with Crippen molar-refractivity contribution >= 4 is 23.5 Å². The van der Waals surface area contributed by atoms with Crippen LogP contribution < -0.4 is 11.2 Å². The summed E-state index contributed by atoms with van der Waals surface area (Å²) in [5.41, 5.74) is 8.58. The first kappa shape index (κ1) is 18.5. The van der Waals surface area contributed by atoms with Crippen molar-refractivity contribution < 1.29 is 24.3 Å². The van der Waals surface area contributed by atoms with Crippen molar-refractivity contribution in [3.05, 3.63) is 29.8 Å². The molecular weight excluding hydrogens is 300 g/mol. The molecular formula is C16H22N2O5. The fourth-order valence-electron chi connectivity index (χ4n) is 2.37. The number of hydrogen-bond acceptors (Lipinski definition) is 5. The minimum Gasteiger partial charge on any atom is -0.481 e. The summed E-state index contributed by atoms with van der Waals surface area (Å²) in [5.74, 6) is -2.79. The molecule has 0 radical (unpaired) electrons. The third-order valence-corrected chi connectivity index (χ3v) is 3.88. The Morgan fingerprint density at radius 1 is 1.26 bits per heavy atom. The molecule has 0 spiro atoms. The van der Waals surface area contributed by atoms with Crippen LogP contribution in [0.25, 0.3) is 0 Å². The molecule has 0 atom stereocenters. The summed E-state index contributed by atoms with van der Waals surface area (Å²) in [4.78, 5) is 38.6. The Hall–Kier alpha value is -2.57. The van der Waals surface area contributed by atoms with Gasteiger partial charge < -0.3 is 15.7 Å². The van der Waals surface area contributed by atoms with E-state index in [9.17, 15) is 14.4 Å². The second-order valence-electron chi connectivity index (χ2n) is 5.39. The van der Waals surface area contributed by atoms with Crippen LogP contribution in [0.2, 0.25) is 0 Å². The predicted octanol–water partition coefficient (Wildman–Crippen LogP) is 1.67. The van der Waals surface area contributed by atoms with Crippen LogP contribution in [0.15, 0.2) is 24.3 Å². The minimum atomic E-state index is -1.32. The van der Waals surface area contributed by atoms with E-state index >= 15 is 0 Å². The van der Waals surface area contributed by atoms with Gasteiger partial charge in [0.15, 0.2) is 0 Å². The molecule has 126 valence electrons. The first-order valence-corrected chi connectivity index (χ1v) is 7.39. The molecule has 0 fully saturated rings. The van der Waals surface area contributed by atoms with E-state index in [1.165, 1.54) is 0 Å². The number of carboxylic acids is 1. The fraction of sp³-hybridized carbons (Fsp3) is 0.438. The molecule has 0 aliphatic rings. The first-order valence-electron chi connectivity index (χ1n) is 7.39. The van der Waals surface area contributed by atoms with Gasteiger partial charge in [-0.1, -0.05) is 26.0 Å². The molecule has 0 saturated heterocycles. The molecule has 1 amide bonds. The molecule has 1 aromatic carbocycles. The summed E-state index contributed by atoms with van der Waals surface area (Å²) < 4.78 is 0. The summed E-state index contributed by atoms with van der Waals surface area (Å²) in [7, 11) is 0. The highest BCUT2D eigenvalue weighted by atomic mass is 16.7. The number of hydroxylamine groups is 1. The van der Waals surface area contributed by atoms with E-state index < -0.39 is 29.7 Å². The highest BCUT2D eigenvalue weighted by Gasteiger charge is 2.36. The zero-order valence-corrected chi connectivity index (χ0v) is 13.3. The van der Waals surface area contributed by atoms with Crippen molar-refractivity contribution in [2.45, 2.75) is 39.5 Å². The maximum atomic E-state index is 12.4. The molecule has 0 saturated carbocycles. The Balaban J connectivity index is 2.80. The number of anilines is 1. The summed E-state index contributed by atoms with van der Waals surface area (Å²) in [6, 6.07) is 7.24.